The molecule has 0 aliphatic rings. The van der Waals surface area contributed by atoms with E-state index in [1.807, 2.05) is 50.2 Å². The quantitative estimate of drug-likeness (QED) is 0.335. The number of nitrogens with one attached hydrogen (secondary N) is 1. The Morgan fingerprint density at radius 3 is 2.42 bits per heavy atom. The minimum atomic E-state index is -1.02. The topological polar surface area (TPSA) is 88.0 Å². The van der Waals surface area contributed by atoms with Crippen molar-refractivity contribution in [2.45, 2.75) is 26.1 Å². The molecule has 7 heteroatoms. The first-order chi connectivity index (χ1) is 15.8. The fourth-order valence-corrected chi connectivity index (χ4v) is 3.48. The summed E-state index contributed by atoms with van der Waals surface area (Å²) in [6.07, 6.45) is -0.769. The zero-order chi connectivity index (χ0) is 23.8. The van der Waals surface area contributed by atoms with Gasteiger partial charge in [0.25, 0.3) is 0 Å². The van der Waals surface area contributed by atoms with Gasteiger partial charge in [0.05, 0.1) is 12.2 Å². The highest BCUT2D eigenvalue weighted by molar-refractivity contribution is 6.30. The van der Waals surface area contributed by atoms with E-state index in [0.29, 0.717) is 30.5 Å². The lowest BCUT2D eigenvalue weighted by Gasteiger charge is -2.14. The first-order valence-corrected chi connectivity index (χ1v) is 11.1. The SMILES string of the molecule is CC(C)Oc1cc(-c2ccc(OCCNC[C@@H](O)c3cccc(Cl)c3)cc2)ccc1C(=O)O. The average molecular weight is 470 g/mol. The van der Waals surface area contributed by atoms with Crippen molar-refractivity contribution < 1.29 is 24.5 Å². The van der Waals surface area contributed by atoms with Gasteiger partial charge in [-0.3, -0.25) is 0 Å². The van der Waals surface area contributed by atoms with Crippen LogP contribution in [0.3, 0.4) is 0 Å². The molecule has 0 heterocycles. The van der Waals surface area contributed by atoms with Crippen LogP contribution in [0.1, 0.15) is 35.9 Å². The summed E-state index contributed by atoms with van der Waals surface area (Å²) in [6, 6.07) is 19.8. The van der Waals surface area contributed by atoms with Gasteiger partial charge >= 0.3 is 5.97 Å². The molecule has 3 N–H and O–H groups in total. The lowest BCUT2D eigenvalue weighted by molar-refractivity contribution is 0.0690. The van der Waals surface area contributed by atoms with Crippen molar-refractivity contribution >= 4 is 17.6 Å². The zero-order valence-electron chi connectivity index (χ0n) is 18.6. The molecule has 0 saturated carbocycles. The number of aromatic carboxylic acids is 1. The number of aliphatic hydroxyl groups excluding tert-OH is 1. The van der Waals surface area contributed by atoms with Gasteiger partial charge in [-0.25, -0.2) is 4.79 Å². The summed E-state index contributed by atoms with van der Waals surface area (Å²) in [5, 5.41) is 23.4. The van der Waals surface area contributed by atoms with Gasteiger partial charge in [0.1, 0.15) is 23.7 Å². The number of rotatable bonds is 11. The average Bonchev–Trinajstić information content (AvgIpc) is 2.78. The molecule has 0 spiro atoms. The Morgan fingerprint density at radius 1 is 1.03 bits per heavy atom. The lowest BCUT2D eigenvalue weighted by atomic mass is 10.0. The minimum Gasteiger partial charge on any atom is -0.492 e. The highest BCUT2D eigenvalue weighted by Crippen LogP contribution is 2.29. The van der Waals surface area contributed by atoms with Gasteiger partial charge in [-0.05, 0) is 66.9 Å². The molecule has 0 aliphatic carbocycles. The van der Waals surface area contributed by atoms with Crippen molar-refractivity contribution in [2.75, 3.05) is 19.7 Å². The third-order valence-corrected chi connectivity index (χ3v) is 5.12. The maximum absolute atomic E-state index is 11.4. The molecule has 3 aromatic carbocycles. The van der Waals surface area contributed by atoms with E-state index < -0.39 is 12.1 Å². The molecule has 0 aromatic heterocycles. The van der Waals surface area contributed by atoms with Crippen LogP contribution in [0.2, 0.25) is 5.02 Å². The lowest BCUT2D eigenvalue weighted by Crippen LogP contribution is -2.26. The van der Waals surface area contributed by atoms with Gasteiger partial charge in [0.15, 0.2) is 0 Å². The highest BCUT2D eigenvalue weighted by atomic mass is 35.5. The van der Waals surface area contributed by atoms with E-state index >= 15 is 0 Å². The van der Waals surface area contributed by atoms with Crippen LogP contribution in [-0.2, 0) is 0 Å². The van der Waals surface area contributed by atoms with Gasteiger partial charge in [-0.1, -0.05) is 41.9 Å². The van der Waals surface area contributed by atoms with Crippen molar-refractivity contribution in [3.63, 3.8) is 0 Å². The van der Waals surface area contributed by atoms with Gasteiger partial charge < -0.3 is 25.0 Å². The second-order valence-electron chi connectivity index (χ2n) is 7.83. The van der Waals surface area contributed by atoms with Crippen LogP contribution in [0, 0.1) is 0 Å². The van der Waals surface area contributed by atoms with E-state index in [9.17, 15) is 15.0 Å². The molecule has 174 valence electrons. The molecule has 33 heavy (non-hydrogen) atoms. The number of hydrogen-bond donors (Lipinski definition) is 3. The number of carboxylic acids is 1. The van der Waals surface area contributed by atoms with Crippen molar-refractivity contribution in [1.82, 2.24) is 5.32 Å². The minimum absolute atomic E-state index is 0.130. The standard InChI is InChI=1S/C26H28ClNO5/c1-17(2)33-25-15-19(8-11-23(25)26(30)31)18-6-9-22(10-7-18)32-13-12-28-16-24(29)20-4-3-5-21(27)14-20/h3-11,14-15,17,24,28-29H,12-13,16H2,1-2H3,(H,30,31)/t24-/m1/s1. The molecule has 0 unspecified atom stereocenters. The van der Waals surface area contributed by atoms with Crippen LogP contribution < -0.4 is 14.8 Å². The second-order valence-corrected chi connectivity index (χ2v) is 8.27. The van der Waals surface area contributed by atoms with Gasteiger partial charge in [-0.2, -0.15) is 0 Å². The summed E-state index contributed by atoms with van der Waals surface area (Å²) >= 11 is 5.96. The molecule has 0 bridgehead atoms. The van der Waals surface area contributed by atoms with Crippen molar-refractivity contribution in [1.29, 1.82) is 0 Å². The summed E-state index contributed by atoms with van der Waals surface area (Å²) in [5.74, 6) is 0.0488. The smallest absolute Gasteiger partial charge is 0.339 e. The van der Waals surface area contributed by atoms with Crippen molar-refractivity contribution in [3.8, 4) is 22.6 Å². The van der Waals surface area contributed by atoms with E-state index in [2.05, 4.69) is 5.32 Å². The van der Waals surface area contributed by atoms with Crippen LogP contribution in [0.25, 0.3) is 11.1 Å². The molecule has 0 saturated heterocycles. The number of ether oxygens (including phenoxy) is 2. The summed E-state index contributed by atoms with van der Waals surface area (Å²) < 4.78 is 11.4. The molecule has 6 nitrogen and oxygen atoms in total. The maximum Gasteiger partial charge on any atom is 0.339 e. The van der Waals surface area contributed by atoms with Crippen LogP contribution in [0.5, 0.6) is 11.5 Å². The van der Waals surface area contributed by atoms with Crippen molar-refractivity contribution in [2.24, 2.45) is 0 Å². The van der Waals surface area contributed by atoms with Crippen LogP contribution in [0.15, 0.2) is 66.7 Å². The first kappa shape index (κ1) is 24.6. The van der Waals surface area contributed by atoms with Crippen LogP contribution >= 0.6 is 11.6 Å². The summed E-state index contributed by atoms with van der Waals surface area (Å²) in [5.41, 5.74) is 2.69. The Kier molecular flexibility index (Phi) is 8.72. The molecule has 1 atom stereocenters. The maximum atomic E-state index is 11.4. The van der Waals surface area contributed by atoms with Gasteiger partial charge in [-0.15, -0.1) is 0 Å². The van der Waals surface area contributed by atoms with E-state index in [-0.39, 0.29) is 11.7 Å². The van der Waals surface area contributed by atoms with E-state index in [0.717, 1.165) is 22.4 Å². The highest BCUT2D eigenvalue weighted by Gasteiger charge is 2.14. The Bertz CT molecular complexity index is 1070. The van der Waals surface area contributed by atoms with Crippen LogP contribution in [0.4, 0.5) is 0 Å². The van der Waals surface area contributed by atoms with Gasteiger partial charge in [0.2, 0.25) is 0 Å². The molecular formula is C26H28ClNO5. The van der Waals surface area contributed by atoms with Crippen molar-refractivity contribution in [3.05, 3.63) is 82.9 Å². The third kappa shape index (κ3) is 7.22. The molecule has 0 fully saturated rings. The largest absolute Gasteiger partial charge is 0.492 e. The normalized spacial score (nSPS) is 11.9. The number of aliphatic hydroxyl groups is 1. The molecule has 0 aliphatic heterocycles. The van der Waals surface area contributed by atoms with Crippen LogP contribution in [-0.4, -0.2) is 42.0 Å². The van der Waals surface area contributed by atoms with E-state index in [1.165, 1.54) is 0 Å². The number of hydrogen-bond acceptors (Lipinski definition) is 5. The number of halogens is 1. The Labute approximate surface area is 198 Å². The molecule has 0 radical (unpaired) electrons. The van der Waals surface area contributed by atoms with E-state index in [4.69, 9.17) is 21.1 Å². The summed E-state index contributed by atoms with van der Waals surface area (Å²) in [7, 11) is 0. The molecule has 0 amide bonds. The molecule has 3 rings (SSSR count). The fraction of sp³-hybridized carbons (Fsp3) is 0.269. The second kappa shape index (κ2) is 11.7. The third-order valence-electron chi connectivity index (χ3n) is 4.88. The number of carbonyl (C=O) groups is 1. The zero-order valence-corrected chi connectivity index (χ0v) is 19.4. The summed E-state index contributed by atoms with van der Waals surface area (Å²) in [6.45, 7) is 5.14. The predicted octanol–water partition coefficient (Wildman–Crippen LogP) is 5.19. The van der Waals surface area contributed by atoms with E-state index in [1.54, 1.807) is 30.3 Å². The number of carboxylic acid groups (broad SMARTS) is 1. The Morgan fingerprint density at radius 2 is 1.76 bits per heavy atom. The van der Waals surface area contributed by atoms with Gasteiger partial charge in [0, 0.05) is 18.1 Å². The number of benzene rings is 3. The predicted molar refractivity (Wildman–Crippen MR) is 129 cm³/mol. The summed E-state index contributed by atoms with van der Waals surface area (Å²) in [4.78, 5) is 11.4. The first-order valence-electron chi connectivity index (χ1n) is 10.7. The monoisotopic (exact) mass is 469 g/mol. The fourth-order valence-electron chi connectivity index (χ4n) is 3.29. The molecule has 3 aromatic rings. The Hall–Kier alpha value is -3.06. The molecular weight excluding hydrogens is 442 g/mol. The Balaban J connectivity index is 1.51.